The number of nitrogens with one attached hydrogen (secondary N) is 1. The topological polar surface area (TPSA) is 42.2 Å². The fraction of sp³-hybridized carbons (Fsp3) is 0.0588. The number of hydrogen-bond donors (Lipinski definition) is 1. The Bertz CT molecular complexity index is 975. The van der Waals surface area contributed by atoms with E-state index in [-0.39, 0.29) is 0 Å². The summed E-state index contributed by atoms with van der Waals surface area (Å²) in [7, 11) is 0. The van der Waals surface area contributed by atoms with Gasteiger partial charge < -0.3 is 5.32 Å². The zero-order chi connectivity index (χ0) is 15.8. The fourth-order valence-electron chi connectivity index (χ4n) is 2.53. The van der Waals surface area contributed by atoms with Gasteiger partial charge in [-0.25, -0.2) is 9.97 Å². The van der Waals surface area contributed by atoms with Crippen molar-refractivity contribution in [3.8, 4) is 11.4 Å². The molecular weight excluding hydrogens is 328 g/mol. The molecule has 0 unspecified atom stereocenters. The van der Waals surface area contributed by atoms with Gasteiger partial charge in [0.15, 0.2) is 5.13 Å². The van der Waals surface area contributed by atoms with Gasteiger partial charge in [-0.1, -0.05) is 29.8 Å². The number of nitrogens with zero attached hydrogens (tertiary/aromatic N) is 3. The van der Waals surface area contributed by atoms with E-state index in [1.54, 1.807) is 11.3 Å². The molecule has 0 aliphatic rings. The molecule has 23 heavy (non-hydrogen) atoms. The Balaban J connectivity index is 1.74. The minimum Gasteiger partial charge on any atom is -0.332 e. The predicted molar refractivity (Wildman–Crippen MR) is 95.8 cm³/mol. The summed E-state index contributed by atoms with van der Waals surface area (Å²) in [5.41, 5.74) is 4.68. The summed E-state index contributed by atoms with van der Waals surface area (Å²) in [5, 5.41) is 6.87. The molecule has 0 fully saturated rings. The number of rotatable bonds is 3. The molecule has 4 aromatic rings. The summed E-state index contributed by atoms with van der Waals surface area (Å²) in [4.78, 5) is 9.26. The van der Waals surface area contributed by atoms with Gasteiger partial charge in [-0.2, -0.15) is 0 Å². The van der Waals surface area contributed by atoms with Crippen LogP contribution in [0.4, 0.5) is 10.8 Å². The van der Waals surface area contributed by atoms with Gasteiger partial charge in [0.2, 0.25) is 0 Å². The Labute approximate surface area is 142 Å². The monoisotopic (exact) mass is 340 g/mol. The summed E-state index contributed by atoms with van der Waals surface area (Å²) in [6, 6.07) is 13.8. The first kappa shape index (κ1) is 14.2. The number of fused-ring (bicyclic) bond motifs is 1. The molecule has 6 heteroatoms. The molecule has 1 aromatic carbocycles. The first-order valence-corrected chi connectivity index (χ1v) is 8.38. The summed E-state index contributed by atoms with van der Waals surface area (Å²) >= 11 is 7.69. The lowest BCUT2D eigenvalue weighted by molar-refractivity contribution is 1.17. The van der Waals surface area contributed by atoms with Crippen molar-refractivity contribution in [2.45, 2.75) is 6.92 Å². The molecule has 4 nitrogen and oxygen atoms in total. The average molecular weight is 341 g/mol. The van der Waals surface area contributed by atoms with Gasteiger partial charge in [0.1, 0.15) is 11.3 Å². The molecule has 3 heterocycles. The van der Waals surface area contributed by atoms with E-state index >= 15 is 0 Å². The SMILES string of the molecule is Cc1nc2ccc(Cl)cn2c1-c1csc(Nc2ccccc2)n1. The Morgan fingerprint density at radius 3 is 2.74 bits per heavy atom. The molecule has 0 aliphatic heterocycles. The number of halogens is 1. The molecule has 0 atom stereocenters. The van der Waals surface area contributed by atoms with Crippen molar-refractivity contribution >= 4 is 39.4 Å². The van der Waals surface area contributed by atoms with E-state index < -0.39 is 0 Å². The lowest BCUT2D eigenvalue weighted by atomic mass is 10.3. The molecule has 4 rings (SSSR count). The number of imidazole rings is 1. The molecule has 3 aromatic heterocycles. The molecule has 0 aliphatic carbocycles. The fourth-order valence-corrected chi connectivity index (χ4v) is 3.41. The zero-order valence-corrected chi connectivity index (χ0v) is 13.9. The Hall–Kier alpha value is -2.37. The second kappa shape index (κ2) is 5.68. The molecule has 0 saturated heterocycles. The largest absolute Gasteiger partial charge is 0.332 e. The third-order valence-electron chi connectivity index (χ3n) is 3.53. The third-order valence-corrected chi connectivity index (χ3v) is 4.51. The van der Waals surface area contributed by atoms with Crippen molar-refractivity contribution in [1.82, 2.24) is 14.4 Å². The normalized spacial score (nSPS) is 11.0. The average Bonchev–Trinajstić information content (AvgIpc) is 3.11. The Morgan fingerprint density at radius 2 is 1.91 bits per heavy atom. The zero-order valence-electron chi connectivity index (χ0n) is 12.3. The number of benzene rings is 1. The third kappa shape index (κ3) is 2.69. The van der Waals surface area contributed by atoms with Gasteiger partial charge in [-0.15, -0.1) is 11.3 Å². The van der Waals surface area contributed by atoms with Crippen LogP contribution in [0.2, 0.25) is 5.02 Å². The van der Waals surface area contributed by atoms with Crippen LogP contribution >= 0.6 is 22.9 Å². The smallest absolute Gasteiger partial charge is 0.187 e. The number of para-hydroxylation sites is 1. The van der Waals surface area contributed by atoms with Crippen LogP contribution in [0.1, 0.15) is 5.69 Å². The standard InChI is InChI=1S/C17H13ClN4S/c1-11-16(22-9-12(18)7-8-15(22)19-11)14-10-23-17(21-14)20-13-5-3-2-4-6-13/h2-10H,1H3,(H,20,21). The summed E-state index contributed by atoms with van der Waals surface area (Å²) in [6.45, 7) is 1.99. The molecular formula is C17H13ClN4S. The number of hydrogen-bond acceptors (Lipinski definition) is 4. The highest BCUT2D eigenvalue weighted by atomic mass is 35.5. The lowest BCUT2D eigenvalue weighted by Gasteiger charge is -2.02. The van der Waals surface area contributed by atoms with Crippen LogP contribution in [-0.2, 0) is 0 Å². The van der Waals surface area contributed by atoms with Crippen LogP contribution in [-0.4, -0.2) is 14.4 Å². The maximum Gasteiger partial charge on any atom is 0.187 e. The lowest BCUT2D eigenvalue weighted by Crippen LogP contribution is -1.92. The van der Waals surface area contributed by atoms with Gasteiger partial charge in [-0.05, 0) is 31.2 Å². The van der Waals surface area contributed by atoms with Crippen LogP contribution in [0.3, 0.4) is 0 Å². The van der Waals surface area contributed by atoms with Crippen molar-refractivity contribution in [2.75, 3.05) is 5.32 Å². The van der Waals surface area contributed by atoms with Crippen molar-refractivity contribution < 1.29 is 0 Å². The van der Waals surface area contributed by atoms with Crippen molar-refractivity contribution in [2.24, 2.45) is 0 Å². The number of aryl methyl sites for hydroxylation is 1. The second-order valence-electron chi connectivity index (χ2n) is 5.15. The highest BCUT2D eigenvalue weighted by Crippen LogP contribution is 2.30. The van der Waals surface area contributed by atoms with Crippen LogP contribution in [0, 0.1) is 6.92 Å². The quantitative estimate of drug-likeness (QED) is 0.560. The van der Waals surface area contributed by atoms with E-state index in [0.717, 1.165) is 33.5 Å². The highest BCUT2D eigenvalue weighted by molar-refractivity contribution is 7.14. The van der Waals surface area contributed by atoms with Crippen LogP contribution in [0.25, 0.3) is 17.0 Å². The number of anilines is 2. The number of thiazole rings is 1. The van der Waals surface area contributed by atoms with Gasteiger partial charge in [0.05, 0.1) is 16.4 Å². The minimum atomic E-state index is 0.675. The van der Waals surface area contributed by atoms with Gasteiger partial charge in [0.25, 0.3) is 0 Å². The Kier molecular flexibility index (Phi) is 3.52. The van der Waals surface area contributed by atoms with Crippen LogP contribution in [0.15, 0.2) is 54.0 Å². The molecule has 0 bridgehead atoms. The second-order valence-corrected chi connectivity index (χ2v) is 6.44. The summed E-state index contributed by atoms with van der Waals surface area (Å²) in [6.07, 6.45) is 1.87. The van der Waals surface area contributed by atoms with E-state index in [0.29, 0.717) is 5.02 Å². The minimum absolute atomic E-state index is 0.675. The molecule has 0 amide bonds. The Morgan fingerprint density at radius 1 is 1.09 bits per heavy atom. The summed E-state index contributed by atoms with van der Waals surface area (Å²) in [5.74, 6) is 0. The molecule has 114 valence electrons. The van der Waals surface area contributed by atoms with E-state index in [4.69, 9.17) is 16.6 Å². The molecule has 0 radical (unpaired) electrons. The van der Waals surface area contributed by atoms with E-state index in [9.17, 15) is 0 Å². The predicted octanol–water partition coefficient (Wildman–Crippen LogP) is 5.16. The highest BCUT2D eigenvalue weighted by Gasteiger charge is 2.14. The molecule has 0 spiro atoms. The van der Waals surface area contributed by atoms with Gasteiger partial charge in [-0.3, -0.25) is 4.40 Å². The number of pyridine rings is 1. The number of aromatic nitrogens is 3. The summed E-state index contributed by atoms with van der Waals surface area (Å²) < 4.78 is 1.99. The maximum atomic E-state index is 6.12. The molecule has 0 saturated carbocycles. The van der Waals surface area contributed by atoms with Gasteiger partial charge in [0, 0.05) is 17.3 Å². The van der Waals surface area contributed by atoms with E-state index in [1.807, 2.05) is 65.4 Å². The van der Waals surface area contributed by atoms with Crippen molar-refractivity contribution in [3.63, 3.8) is 0 Å². The van der Waals surface area contributed by atoms with Crippen LogP contribution < -0.4 is 5.32 Å². The maximum absolute atomic E-state index is 6.12. The first-order chi connectivity index (χ1) is 11.2. The molecule has 1 N–H and O–H groups in total. The van der Waals surface area contributed by atoms with E-state index in [2.05, 4.69) is 10.3 Å². The van der Waals surface area contributed by atoms with Crippen LogP contribution in [0.5, 0.6) is 0 Å². The van der Waals surface area contributed by atoms with Crippen molar-refractivity contribution in [3.05, 3.63) is 64.8 Å². The van der Waals surface area contributed by atoms with Gasteiger partial charge >= 0.3 is 0 Å². The van der Waals surface area contributed by atoms with Crippen molar-refractivity contribution in [1.29, 1.82) is 0 Å². The first-order valence-electron chi connectivity index (χ1n) is 7.13. The van der Waals surface area contributed by atoms with E-state index in [1.165, 1.54) is 0 Å².